The molecule has 0 aromatic heterocycles. The van der Waals surface area contributed by atoms with Crippen LogP contribution in [0.25, 0.3) is 0 Å². The number of benzene rings is 1. The highest BCUT2D eigenvalue weighted by Gasteiger charge is 2.22. The van der Waals surface area contributed by atoms with Gasteiger partial charge < -0.3 is 25.6 Å². The van der Waals surface area contributed by atoms with Crippen molar-refractivity contribution in [2.45, 2.75) is 38.8 Å². The van der Waals surface area contributed by atoms with Crippen LogP contribution in [0.1, 0.15) is 38.8 Å². The number of rotatable bonds is 8. The van der Waals surface area contributed by atoms with Crippen molar-refractivity contribution in [1.29, 1.82) is 0 Å². The molecule has 1 rings (SSSR count). The predicted octanol–water partition coefficient (Wildman–Crippen LogP) is 3.27. The maximum absolute atomic E-state index is 14.1. The molecule has 0 aliphatic carbocycles. The van der Waals surface area contributed by atoms with Crippen molar-refractivity contribution >= 4 is 36.0 Å². The van der Waals surface area contributed by atoms with Crippen LogP contribution in [0.5, 0.6) is 0 Å². The molecule has 0 saturated heterocycles. The fraction of sp³-hybridized carbons (Fsp3) is 0.600. The van der Waals surface area contributed by atoms with Gasteiger partial charge in [-0.1, -0.05) is 6.07 Å². The quantitative estimate of drug-likeness (QED) is 0.204. The zero-order valence-corrected chi connectivity index (χ0v) is 20.8. The first kappa shape index (κ1) is 28.3. The second-order valence-electron chi connectivity index (χ2n) is 7.78. The highest BCUT2D eigenvalue weighted by atomic mass is 127. The summed E-state index contributed by atoms with van der Waals surface area (Å²) in [5, 5.41) is 8.87. The molecule has 0 radical (unpaired) electrons. The molecule has 10 heteroatoms. The van der Waals surface area contributed by atoms with Crippen LogP contribution in [0.2, 0.25) is 0 Å². The minimum absolute atomic E-state index is 0. The first-order chi connectivity index (χ1) is 13.5. The SMILES string of the molecule is CN=C(NCCCNC(=O)OC(C)(C)C)NCC(c1c(F)cccc1F)N(C)C.I. The van der Waals surface area contributed by atoms with E-state index in [-0.39, 0.29) is 36.1 Å². The third-order valence-electron chi connectivity index (χ3n) is 3.96. The summed E-state index contributed by atoms with van der Waals surface area (Å²) in [4.78, 5) is 17.4. The molecule has 7 nitrogen and oxygen atoms in total. The van der Waals surface area contributed by atoms with Crippen LogP contribution in [-0.2, 0) is 4.74 Å². The maximum atomic E-state index is 14.1. The van der Waals surface area contributed by atoms with E-state index >= 15 is 0 Å². The maximum Gasteiger partial charge on any atom is 0.407 e. The van der Waals surface area contributed by atoms with E-state index in [9.17, 15) is 13.6 Å². The molecule has 0 fully saturated rings. The molecule has 0 spiro atoms. The lowest BCUT2D eigenvalue weighted by atomic mass is 10.0. The molecule has 0 aliphatic rings. The number of guanidine groups is 1. The van der Waals surface area contributed by atoms with Crippen LogP contribution in [0.3, 0.4) is 0 Å². The normalized spacial score (nSPS) is 12.8. The van der Waals surface area contributed by atoms with Gasteiger partial charge in [0.1, 0.15) is 17.2 Å². The van der Waals surface area contributed by atoms with E-state index < -0.39 is 29.4 Å². The van der Waals surface area contributed by atoms with Crippen molar-refractivity contribution in [3.8, 4) is 0 Å². The minimum atomic E-state index is -0.582. The second-order valence-corrected chi connectivity index (χ2v) is 7.78. The molecular formula is C20H34F2IN5O2. The molecule has 1 atom stereocenters. The van der Waals surface area contributed by atoms with E-state index in [1.165, 1.54) is 18.2 Å². The molecular weight excluding hydrogens is 507 g/mol. The molecule has 0 saturated carbocycles. The Morgan fingerprint density at radius 3 is 2.20 bits per heavy atom. The molecule has 0 aliphatic heterocycles. The van der Waals surface area contributed by atoms with Crippen LogP contribution in [-0.4, -0.2) is 63.3 Å². The summed E-state index contributed by atoms with van der Waals surface area (Å²) in [7, 11) is 5.14. The van der Waals surface area contributed by atoms with Crippen LogP contribution in [0.4, 0.5) is 13.6 Å². The largest absolute Gasteiger partial charge is 0.444 e. The lowest BCUT2D eigenvalue weighted by Crippen LogP contribution is -2.43. The van der Waals surface area contributed by atoms with Crippen molar-refractivity contribution in [3.05, 3.63) is 35.4 Å². The van der Waals surface area contributed by atoms with Crippen molar-refractivity contribution in [1.82, 2.24) is 20.9 Å². The molecule has 1 unspecified atom stereocenters. The van der Waals surface area contributed by atoms with Crippen LogP contribution < -0.4 is 16.0 Å². The van der Waals surface area contributed by atoms with Gasteiger partial charge in [-0.2, -0.15) is 0 Å². The van der Waals surface area contributed by atoms with Crippen LogP contribution in [0, 0.1) is 11.6 Å². The van der Waals surface area contributed by atoms with E-state index in [0.29, 0.717) is 25.5 Å². The summed E-state index contributed by atoms with van der Waals surface area (Å²) in [6, 6.07) is 3.34. The number of nitrogens with one attached hydrogen (secondary N) is 3. The minimum Gasteiger partial charge on any atom is -0.444 e. The van der Waals surface area contributed by atoms with Gasteiger partial charge in [-0.25, -0.2) is 13.6 Å². The van der Waals surface area contributed by atoms with Gasteiger partial charge in [-0.15, -0.1) is 24.0 Å². The predicted molar refractivity (Wildman–Crippen MR) is 126 cm³/mol. The average Bonchev–Trinajstić information content (AvgIpc) is 2.60. The van der Waals surface area contributed by atoms with E-state index in [1.807, 2.05) is 0 Å². The molecule has 0 bridgehead atoms. The Hall–Kier alpha value is -1.69. The Kier molecular flexibility index (Phi) is 12.8. The van der Waals surface area contributed by atoms with E-state index in [2.05, 4.69) is 20.9 Å². The van der Waals surface area contributed by atoms with Crippen LogP contribution >= 0.6 is 24.0 Å². The van der Waals surface area contributed by atoms with Crippen molar-refractivity contribution < 1.29 is 18.3 Å². The fourth-order valence-corrected chi connectivity index (χ4v) is 2.59. The smallest absolute Gasteiger partial charge is 0.407 e. The molecule has 1 aromatic rings. The molecule has 172 valence electrons. The Morgan fingerprint density at radius 1 is 1.13 bits per heavy atom. The summed E-state index contributed by atoms with van der Waals surface area (Å²) >= 11 is 0. The van der Waals surface area contributed by atoms with Gasteiger partial charge in [0.2, 0.25) is 0 Å². The Morgan fingerprint density at radius 2 is 1.70 bits per heavy atom. The van der Waals surface area contributed by atoms with Gasteiger partial charge in [-0.3, -0.25) is 4.99 Å². The average molecular weight is 541 g/mol. The van der Waals surface area contributed by atoms with E-state index in [4.69, 9.17) is 4.74 Å². The number of carbonyl (C=O) groups is 1. The number of hydrogen-bond acceptors (Lipinski definition) is 4. The lowest BCUT2D eigenvalue weighted by Gasteiger charge is -2.26. The number of halogens is 3. The first-order valence-corrected chi connectivity index (χ1v) is 9.57. The monoisotopic (exact) mass is 541 g/mol. The van der Waals surface area contributed by atoms with Gasteiger partial charge in [-0.05, 0) is 53.4 Å². The highest BCUT2D eigenvalue weighted by molar-refractivity contribution is 14.0. The first-order valence-electron chi connectivity index (χ1n) is 9.57. The molecule has 3 N–H and O–H groups in total. The van der Waals surface area contributed by atoms with E-state index in [0.717, 1.165) is 0 Å². The van der Waals surface area contributed by atoms with E-state index in [1.54, 1.807) is 46.8 Å². The number of ether oxygens (including phenoxy) is 1. The zero-order chi connectivity index (χ0) is 22.0. The van der Waals surface area contributed by atoms with Crippen molar-refractivity contribution in [2.24, 2.45) is 4.99 Å². The van der Waals surface area contributed by atoms with Crippen molar-refractivity contribution in [3.63, 3.8) is 0 Å². The topological polar surface area (TPSA) is 78.0 Å². The number of aliphatic imine (C=N–C) groups is 1. The van der Waals surface area contributed by atoms with Gasteiger partial charge >= 0.3 is 6.09 Å². The summed E-state index contributed by atoms with van der Waals surface area (Å²) < 4.78 is 33.4. The highest BCUT2D eigenvalue weighted by Crippen LogP contribution is 2.23. The van der Waals surface area contributed by atoms with Gasteiger partial charge in [0.25, 0.3) is 0 Å². The standard InChI is InChI=1S/C20H33F2N5O2.HI/c1-20(2,3)29-19(28)25-12-8-11-24-18(23-4)26-13-16(27(5)6)17-14(21)9-7-10-15(17)22;/h7,9-10,16H,8,11-13H2,1-6H3,(H,25,28)(H2,23,24,26);1H. The second kappa shape index (κ2) is 13.6. The van der Waals surface area contributed by atoms with Gasteiger partial charge in [0, 0.05) is 32.2 Å². The lowest BCUT2D eigenvalue weighted by molar-refractivity contribution is 0.0527. The molecule has 1 amide bonds. The molecule has 30 heavy (non-hydrogen) atoms. The summed E-state index contributed by atoms with van der Waals surface area (Å²) in [6.07, 6.45) is 0.194. The van der Waals surface area contributed by atoms with Crippen LogP contribution in [0.15, 0.2) is 23.2 Å². The summed E-state index contributed by atoms with van der Waals surface area (Å²) in [5.41, 5.74) is -0.517. The Bertz CT molecular complexity index is 676. The number of carbonyl (C=O) groups excluding carboxylic acids is 1. The number of nitrogens with zero attached hydrogens (tertiary/aromatic N) is 2. The fourth-order valence-electron chi connectivity index (χ4n) is 2.59. The summed E-state index contributed by atoms with van der Waals surface area (Å²) in [5.74, 6) is -0.658. The van der Waals surface area contributed by atoms with Crippen molar-refractivity contribution in [2.75, 3.05) is 40.8 Å². The summed E-state index contributed by atoms with van der Waals surface area (Å²) in [6.45, 7) is 6.67. The number of hydrogen-bond donors (Lipinski definition) is 3. The Balaban J connectivity index is 0.00000841. The third kappa shape index (κ3) is 10.4. The Labute approximate surface area is 195 Å². The third-order valence-corrected chi connectivity index (χ3v) is 3.96. The van der Waals surface area contributed by atoms with Gasteiger partial charge in [0.15, 0.2) is 5.96 Å². The number of likely N-dealkylation sites (N-methyl/N-ethyl adjacent to an activating group) is 1. The molecule has 1 aromatic carbocycles. The number of amides is 1. The van der Waals surface area contributed by atoms with Gasteiger partial charge in [0.05, 0.1) is 6.04 Å². The number of alkyl carbamates (subject to hydrolysis) is 1. The zero-order valence-electron chi connectivity index (χ0n) is 18.5. The molecule has 0 heterocycles.